The lowest BCUT2D eigenvalue weighted by Gasteiger charge is -2.14. The number of nitrogens with zero attached hydrogens (tertiary/aromatic N) is 2. The molecule has 0 fully saturated rings. The highest BCUT2D eigenvalue weighted by atomic mass is 35.5. The van der Waals surface area contributed by atoms with Crippen LogP contribution in [-0.4, -0.2) is 23.6 Å². The van der Waals surface area contributed by atoms with Gasteiger partial charge in [0.15, 0.2) is 9.84 Å². The van der Waals surface area contributed by atoms with Gasteiger partial charge in [-0.3, -0.25) is 0 Å². The lowest BCUT2D eigenvalue weighted by atomic mass is 10.1. The van der Waals surface area contributed by atoms with Crippen LogP contribution in [0.15, 0.2) is 47.4 Å². The third-order valence-electron chi connectivity index (χ3n) is 3.99. The molecule has 0 aliphatic carbocycles. The lowest BCUT2D eigenvalue weighted by Crippen LogP contribution is -2.16. The van der Waals surface area contributed by atoms with Gasteiger partial charge in [-0.25, -0.2) is 18.4 Å². The summed E-state index contributed by atoms with van der Waals surface area (Å²) in [6.45, 7) is 3.34. The van der Waals surface area contributed by atoms with Gasteiger partial charge in [0.1, 0.15) is 0 Å². The standard InChI is InChI=1S/C18H16Cl2N2O2S/c1-11(2)25(23,24)16-9-4-3-6-12(16)10-15-13-7-5-8-14(19)17(13)22-18(20)21-15/h3-9,11H,10H2,1-2H3. The first kappa shape index (κ1) is 18.1. The van der Waals surface area contributed by atoms with Crippen LogP contribution in [0, 0.1) is 0 Å². The minimum atomic E-state index is -3.40. The molecule has 0 aliphatic heterocycles. The van der Waals surface area contributed by atoms with Crippen LogP contribution >= 0.6 is 23.2 Å². The maximum Gasteiger partial charge on any atom is 0.223 e. The smallest absolute Gasteiger partial charge is 0.223 e. The van der Waals surface area contributed by atoms with Crippen molar-refractivity contribution in [2.45, 2.75) is 30.4 Å². The van der Waals surface area contributed by atoms with Crippen LogP contribution in [0.4, 0.5) is 0 Å². The number of para-hydroxylation sites is 1. The number of sulfone groups is 1. The van der Waals surface area contributed by atoms with Crippen LogP contribution in [0.2, 0.25) is 10.3 Å². The molecule has 130 valence electrons. The van der Waals surface area contributed by atoms with E-state index in [0.717, 1.165) is 5.39 Å². The molecule has 1 heterocycles. The molecule has 7 heteroatoms. The Balaban J connectivity index is 2.17. The van der Waals surface area contributed by atoms with Gasteiger partial charge in [-0.15, -0.1) is 0 Å². The van der Waals surface area contributed by atoms with Crippen molar-refractivity contribution in [1.29, 1.82) is 0 Å². The Morgan fingerprint density at radius 3 is 2.44 bits per heavy atom. The second kappa shape index (κ2) is 6.90. The zero-order chi connectivity index (χ0) is 18.2. The largest absolute Gasteiger partial charge is 0.223 e. The Morgan fingerprint density at radius 2 is 1.72 bits per heavy atom. The lowest BCUT2D eigenvalue weighted by molar-refractivity contribution is 0.586. The molecule has 0 bridgehead atoms. The maximum atomic E-state index is 12.6. The summed E-state index contributed by atoms with van der Waals surface area (Å²) in [5.74, 6) is 0. The molecule has 0 radical (unpaired) electrons. The van der Waals surface area contributed by atoms with E-state index in [1.54, 1.807) is 38.1 Å². The maximum absolute atomic E-state index is 12.6. The van der Waals surface area contributed by atoms with Crippen LogP contribution in [-0.2, 0) is 16.3 Å². The molecule has 4 nitrogen and oxygen atoms in total. The molecule has 0 N–H and O–H groups in total. The summed E-state index contributed by atoms with van der Waals surface area (Å²) >= 11 is 12.2. The molecule has 0 atom stereocenters. The van der Waals surface area contributed by atoms with E-state index in [1.807, 2.05) is 18.2 Å². The predicted octanol–water partition coefficient (Wildman–Crippen LogP) is 4.71. The normalized spacial score (nSPS) is 12.0. The summed E-state index contributed by atoms with van der Waals surface area (Å²) in [7, 11) is -3.40. The molecule has 1 aromatic heterocycles. The van der Waals surface area contributed by atoms with Crippen molar-refractivity contribution in [1.82, 2.24) is 9.97 Å². The van der Waals surface area contributed by atoms with E-state index in [1.165, 1.54) is 0 Å². The summed E-state index contributed by atoms with van der Waals surface area (Å²) in [4.78, 5) is 8.80. The molecular formula is C18H16Cl2N2O2S. The van der Waals surface area contributed by atoms with Crippen molar-refractivity contribution in [3.8, 4) is 0 Å². The first-order chi connectivity index (χ1) is 11.8. The summed E-state index contributed by atoms with van der Waals surface area (Å²) in [6.07, 6.45) is 0.321. The summed E-state index contributed by atoms with van der Waals surface area (Å²) in [5.41, 5.74) is 1.87. The van der Waals surface area contributed by atoms with E-state index < -0.39 is 15.1 Å². The molecule has 0 unspecified atom stereocenters. The Bertz CT molecular complexity index is 1050. The molecule has 3 aromatic rings. The van der Waals surface area contributed by atoms with Crippen molar-refractivity contribution in [3.05, 3.63) is 64.0 Å². The quantitative estimate of drug-likeness (QED) is 0.601. The zero-order valence-corrected chi connectivity index (χ0v) is 16.0. The SMILES string of the molecule is CC(C)S(=O)(=O)c1ccccc1Cc1nc(Cl)nc2c(Cl)cccc12. The van der Waals surface area contributed by atoms with E-state index in [2.05, 4.69) is 9.97 Å². The number of halogens is 2. The Labute approximate surface area is 156 Å². The van der Waals surface area contributed by atoms with Gasteiger partial charge in [-0.2, -0.15) is 0 Å². The summed E-state index contributed by atoms with van der Waals surface area (Å²) < 4.78 is 25.3. The van der Waals surface area contributed by atoms with Crippen LogP contribution in [0.3, 0.4) is 0 Å². The van der Waals surface area contributed by atoms with E-state index >= 15 is 0 Å². The highest BCUT2D eigenvalue weighted by Crippen LogP contribution is 2.28. The topological polar surface area (TPSA) is 59.9 Å². The summed E-state index contributed by atoms with van der Waals surface area (Å²) in [6, 6.07) is 12.3. The fourth-order valence-corrected chi connectivity index (χ4v) is 4.33. The summed E-state index contributed by atoms with van der Waals surface area (Å²) in [5, 5.41) is 0.813. The number of benzene rings is 2. The van der Waals surface area contributed by atoms with E-state index in [0.29, 0.717) is 33.1 Å². The number of hydrogen-bond acceptors (Lipinski definition) is 4. The first-order valence-corrected chi connectivity index (χ1v) is 10.0. The van der Waals surface area contributed by atoms with Gasteiger partial charge < -0.3 is 0 Å². The number of rotatable bonds is 4. The molecular weight excluding hydrogens is 379 g/mol. The Morgan fingerprint density at radius 1 is 1.00 bits per heavy atom. The van der Waals surface area contributed by atoms with Crippen LogP contribution in [0.25, 0.3) is 10.9 Å². The molecule has 2 aromatic carbocycles. The van der Waals surface area contributed by atoms with Gasteiger partial charge in [-0.05, 0) is 43.1 Å². The third kappa shape index (κ3) is 3.50. The van der Waals surface area contributed by atoms with Gasteiger partial charge in [0.2, 0.25) is 5.28 Å². The average molecular weight is 395 g/mol. The number of hydrogen-bond donors (Lipinski definition) is 0. The molecule has 0 aliphatic rings. The van der Waals surface area contributed by atoms with Gasteiger partial charge in [-0.1, -0.05) is 41.9 Å². The minimum absolute atomic E-state index is 0.0831. The Hall–Kier alpha value is -1.69. The molecule has 0 saturated carbocycles. The van der Waals surface area contributed by atoms with Crippen LogP contribution in [0.5, 0.6) is 0 Å². The van der Waals surface area contributed by atoms with Crippen LogP contribution < -0.4 is 0 Å². The van der Waals surface area contributed by atoms with E-state index in [4.69, 9.17) is 23.2 Å². The second-order valence-corrected chi connectivity index (χ2v) is 9.17. The van der Waals surface area contributed by atoms with Crippen molar-refractivity contribution in [2.24, 2.45) is 0 Å². The average Bonchev–Trinajstić information content (AvgIpc) is 2.56. The van der Waals surface area contributed by atoms with Crippen molar-refractivity contribution in [3.63, 3.8) is 0 Å². The van der Waals surface area contributed by atoms with Gasteiger partial charge in [0.25, 0.3) is 0 Å². The van der Waals surface area contributed by atoms with Gasteiger partial charge in [0.05, 0.1) is 26.4 Å². The highest BCUT2D eigenvalue weighted by Gasteiger charge is 2.23. The molecule has 0 amide bonds. The predicted molar refractivity (Wildman–Crippen MR) is 101 cm³/mol. The minimum Gasteiger partial charge on any atom is -0.223 e. The monoisotopic (exact) mass is 394 g/mol. The van der Waals surface area contributed by atoms with Gasteiger partial charge in [0, 0.05) is 11.8 Å². The van der Waals surface area contributed by atoms with Crippen molar-refractivity contribution >= 4 is 43.9 Å². The Kier molecular flexibility index (Phi) is 5.00. The third-order valence-corrected chi connectivity index (χ3v) is 6.71. The highest BCUT2D eigenvalue weighted by molar-refractivity contribution is 7.92. The van der Waals surface area contributed by atoms with Crippen LogP contribution in [0.1, 0.15) is 25.1 Å². The molecule has 0 saturated heterocycles. The first-order valence-electron chi connectivity index (χ1n) is 7.73. The van der Waals surface area contributed by atoms with E-state index in [9.17, 15) is 8.42 Å². The fraction of sp³-hybridized carbons (Fsp3) is 0.222. The molecule has 25 heavy (non-hydrogen) atoms. The number of aromatic nitrogens is 2. The van der Waals surface area contributed by atoms with Crippen molar-refractivity contribution in [2.75, 3.05) is 0 Å². The number of fused-ring (bicyclic) bond motifs is 1. The van der Waals surface area contributed by atoms with Crippen molar-refractivity contribution < 1.29 is 8.42 Å². The van der Waals surface area contributed by atoms with Gasteiger partial charge >= 0.3 is 0 Å². The molecule has 0 spiro atoms. The fourth-order valence-electron chi connectivity index (χ4n) is 2.65. The second-order valence-electron chi connectivity index (χ2n) is 5.95. The zero-order valence-electron chi connectivity index (χ0n) is 13.7. The molecule has 3 rings (SSSR count). The van der Waals surface area contributed by atoms with E-state index in [-0.39, 0.29) is 5.28 Å².